The summed E-state index contributed by atoms with van der Waals surface area (Å²) < 4.78 is 0. The number of aliphatic hydroxyl groups excluding tert-OH is 1. The zero-order valence-electron chi connectivity index (χ0n) is 9.45. The number of hydrogen-bond acceptors (Lipinski definition) is 6. The summed E-state index contributed by atoms with van der Waals surface area (Å²) in [5, 5.41) is 33.1. The first-order chi connectivity index (χ1) is 8.58. The first kappa shape index (κ1) is 13.1. The third kappa shape index (κ3) is 3.26. The van der Waals surface area contributed by atoms with Crippen LogP contribution in [0.2, 0.25) is 0 Å². The van der Waals surface area contributed by atoms with Gasteiger partial charge in [-0.05, 0) is 19.1 Å². The summed E-state index contributed by atoms with van der Waals surface area (Å²) in [5.41, 5.74) is 0.799. The molecule has 18 heavy (non-hydrogen) atoms. The molecule has 6 heteroatoms. The molecule has 1 N–H and O–H groups in total. The predicted molar refractivity (Wildman–Crippen MR) is 61.6 cm³/mol. The van der Waals surface area contributed by atoms with Gasteiger partial charge >= 0.3 is 0 Å². The van der Waals surface area contributed by atoms with Crippen LogP contribution in [0.15, 0.2) is 46.0 Å². The van der Waals surface area contributed by atoms with Crippen molar-refractivity contribution in [3.05, 3.63) is 41.3 Å². The summed E-state index contributed by atoms with van der Waals surface area (Å²) in [6.07, 6.45) is 0. The molecule has 0 fully saturated rings. The number of ketones is 1. The van der Waals surface area contributed by atoms with Crippen molar-refractivity contribution in [2.75, 3.05) is 0 Å². The Balaban J connectivity index is 3.07. The first-order valence-electron chi connectivity index (χ1n) is 4.84. The fourth-order valence-electron chi connectivity index (χ4n) is 1.03. The molecule has 0 bridgehead atoms. The van der Waals surface area contributed by atoms with Gasteiger partial charge < -0.3 is 5.11 Å². The molecule has 6 nitrogen and oxygen atoms in total. The number of nitriles is 2. The summed E-state index contributed by atoms with van der Waals surface area (Å²) >= 11 is 0. The van der Waals surface area contributed by atoms with Crippen LogP contribution < -0.4 is 0 Å². The van der Waals surface area contributed by atoms with E-state index < -0.39 is 17.2 Å². The Morgan fingerprint density at radius 1 is 1.22 bits per heavy atom. The van der Waals surface area contributed by atoms with E-state index in [0.717, 1.165) is 5.56 Å². The molecule has 0 radical (unpaired) electrons. The molecular formula is C12H8N4O2. The van der Waals surface area contributed by atoms with Crippen molar-refractivity contribution in [1.29, 1.82) is 10.5 Å². The van der Waals surface area contributed by atoms with Crippen LogP contribution in [0.3, 0.4) is 0 Å². The molecule has 0 spiro atoms. The number of azo groups is 1. The van der Waals surface area contributed by atoms with Gasteiger partial charge in [-0.2, -0.15) is 15.6 Å². The van der Waals surface area contributed by atoms with Crippen LogP contribution in [-0.2, 0) is 4.79 Å². The van der Waals surface area contributed by atoms with Gasteiger partial charge in [0.2, 0.25) is 5.76 Å². The molecule has 0 saturated carbocycles. The van der Waals surface area contributed by atoms with Crippen molar-refractivity contribution < 1.29 is 9.90 Å². The number of aryl methyl sites for hydroxylation is 1. The molecule has 0 aliphatic carbocycles. The predicted octanol–water partition coefficient (Wildman–Crippen LogP) is 2.46. The second kappa shape index (κ2) is 5.92. The molecule has 0 amide bonds. The number of carbonyl (C=O) groups is 1. The maximum Gasteiger partial charge on any atom is 0.286 e. The van der Waals surface area contributed by atoms with E-state index in [-0.39, 0.29) is 0 Å². The average molecular weight is 240 g/mol. The Bertz CT molecular complexity index is 600. The van der Waals surface area contributed by atoms with Gasteiger partial charge in [0.25, 0.3) is 5.78 Å². The number of benzene rings is 1. The minimum absolute atomic E-state index is 0.439. The Hall–Kier alpha value is -2.99. The van der Waals surface area contributed by atoms with Crippen molar-refractivity contribution in [1.82, 2.24) is 0 Å². The zero-order chi connectivity index (χ0) is 13.5. The van der Waals surface area contributed by atoms with Crippen LogP contribution >= 0.6 is 0 Å². The van der Waals surface area contributed by atoms with E-state index in [4.69, 9.17) is 15.6 Å². The number of Topliss-reactive ketones (excluding diaryl/α,β-unsaturated/α-hetero) is 1. The largest absolute Gasteiger partial charge is 0.498 e. The van der Waals surface area contributed by atoms with Crippen LogP contribution in [0, 0.1) is 29.6 Å². The van der Waals surface area contributed by atoms with Gasteiger partial charge in [0.05, 0.1) is 5.69 Å². The van der Waals surface area contributed by atoms with E-state index in [2.05, 4.69) is 10.2 Å². The number of nitrogens with zero attached hydrogens (tertiary/aromatic N) is 4. The number of allylic oxidation sites excluding steroid dienone is 2. The Kier molecular flexibility index (Phi) is 4.30. The quantitative estimate of drug-likeness (QED) is 0.218. The molecule has 0 saturated heterocycles. The van der Waals surface area contributed by atoms with E-state index in [9.17, 15) is 4.79 Å². The highest BCUT2D eigenvalue weighted by atomic mass is 16.3. The minimum atomic E-state index is -1.12. The Morgan fingerprint density at radius 3 is 2.33 bits per heavy atom. The molecule has 0 atom stereocenters. The summed E-state index contributed by atoms with van der Waals surface area (Å²) in [7, 11) is 0. The standard InChI is InChI=1S/C12H8N4O2/c1-8-2-4-9(5-3-8)15-16-12(10(17)6-13)11(18)7-14/h2-5,17H,1H3/b12-10-,16-15?. The second-order valence-corrected chi connectivity index (χ2v) is 3.29. The van der Waals surface area contributed by atoms with Gasteiger partial charge in [-0.3, -0.25) is 4.79 Å². The van der Waals surface area contributed by atoms with Crippen LogP contribution in [0.25, 0.3) is 0 Å². The Morgan fingerprint density at radius 2 is 1.83 bits per heavy atom. The van der Waals surface area contributed by atoms with E-state index in [1.165, 1.54) is 12.1 Å². The van der Waals surface area contributed by atoms with Crippen LogP contribution in [0.4, 0.5) is 5.69 Å². The van der Waals surface area contributed by atoms with Gasteiger partial charge in [0.15, 0.2) is 5.70 Å². The summed E-state index contributed by atoms with van der Waals surface area (Å²) in [6.45, 7) is 1.90. The normalized spacial score (nSPS) is 11.5. The highest BCUT2D eigenvalue weighted by Gasteiger charge is 2.14. The van der Waals surface area contributed by atoms with Gasteiger partial charge in [0, 0.05) is 0 Å². The lowest BCUT2D eigenvalue weighted by Gasteiger charge is -1.95. The van der Waals surface area contributed by atoms with E-state index in [0.29, 0.717) is 5.69 Å². The Labute approximate surface area is 103 Å². The van der Waals surface area contributed by atoms with Crippen molar-refractivity contribution in [3.8, 4) is 12.1 Å². The van der Waals surface area contributed by atoms with Crippen LogP contribution in [-0.4, -0.2) is 10.9 Å². The molecule has 0 aliphatic rings. The summed E-state index contributed by atoms with van der Waals surface area (Å²) in [4.78, 5) is 11.1. The molecule has 0 heterocycles. The summed E-state index contributed by atoms with van der Waals surface area (Å²) in [6, 6.07) is 9.47. The zero-order valence-corrected chi connectivity index (χ0v) is 9.45. The minimum Gasteiger partial charge on any atom is -0.498 e. The highest BCUT2D eigenvalue weighted by Crippen LogP contribution is 2.15. The van der Waals surface area contributed by atoms with Crippen molar-refractivity contribution >= 4 is 11.5 Å². The summed E-state index contributed by atoms with van der Waals surface area (Å²) in [5.74, 6) is -2.05. The molecule has 0 aromatic heterocycles. The number of rotatable bonds is 3. The monoisotopic (exact) mass is 240 g/mol. The SMILES string of the molecule is Cc1ccc(N=N/C(C(=O)C#N)=C(\O)C#N)cc1. The highest BCUT2D eigenvalue weighted by molar-refractivity contribution is 6.07. The topological polar surface area (TPSA) is 110 Å². The van der Waals surface area contributed by atoms with Gasteiger partial charge in [-0.1, -0.05) is 17.7 Å². The first-order valence-corrected chi connectivity index (χ1v) is 4.84. The number of aliphatic hydroxyl groups is 1. The van der Waals surface area contributed by atoms with Crippen LogP contribution in [0.1, 0.15) is 5.56 Å². The molecule has 0 unspecified atom stereocenters. The van der Waals surface area contributed by atoms with Gasteiger partial charge in [-0.25, -0.2) is 0 Å². The molecule has 1 rings (SSSR count). The lowest BCUT2D eigenvalue weighted by atomic mass is 10.2. The van der Waals surface area contributed by atoms with Crippen molar-refractivity contribution in [2.45, 2.75) is 6.92 Å². The lowest BCUT2D eigenvalue weighted by Crippen LogP contribution is -1.99. The fraction of sp³-hybridized carbons (Fsp3) is 0.0833. The van der Waals surface area contributed by atoms with Gasteiger partial charge in [-0.15, -0.1) is 5.11 Å². The average Bonchev–Trinajstić information content (AvgIpc) is 2.40. The fourth-order valence-corrected chi connectivity index (χ4v) is 1.03. The molecule has 88 valence electrons. The number of hydrogen-bond donors (Lipinski definition) is 1. The van der Waals surface area contributed by atoms with Crippen LogP contribution in [0.5, 0.6) is 0 Å². The third-order valence-corrected chi connectivity index (χ3v) is 1.95. The van der Waals surface area contributed by atoms with E-state index >= 15 is 0 Å². The molecule has 0 aliphatic heterocycles. The maximum absolute atomic E-state index is 11.1. The van der Waals surface area contributed by atoms with Gasteiger partial charge in [0.1, 0.15) is 12.1 Å². The lowest BCUT2D eigenvalue weighted by molar-refractivity contribution is -0.110. The molecule has 1 aromatic carbocycles. The smallest absolute Gasteiger partial charge is 0.286 e. The molecular weight excluding hydrogens is 232 g/mol. The van der Waals surface area contributed by atoms with Crippen molar-refractivity contribution in [2.24, 2.45) is 10.2 Å². The second-order valence-electron chi connectivity index (χ2n) is 3.29. The van der Waals surface area contributed by atoms with E-state index in [1.807, 2.05) is 6.92 Å². The van der Waals surface area contributed by atoms with Crippen molar-refractivity contribution in [3.63, 3.8) is 0 Å². The van der Waals surface area contributed by atoms with E-state index in [1.54, 1.807) is 24.3 Å². The molecule has 1 aromatic rings. The number of carbonyl (C=O) groups excluding carboxylic acids is 1. The maximum atomic E-state index is 11.1. The third-order valence-electron chi connectivity index (χ3n) is 1.95.